The number of hydrogen-bond donors (Lipinski definition) is 1. The number of rotatable bonds is 2. The zero-order chi connectivity index (χ0) is 19.1. The standard InChI is InChI=1S/C21H17Cl2NO3/c22-13-6-9-17(16(23)10-13)24-18-2-1-3-19(26)21(18)15(11-20(24)27)12-4-7-14(25)8-5-12/h4-10,15,25H,1-3,11H2. The molecule has 1 unspecified atom stereocenters. The number of benzene rings is 2. The van der Waals surface area contributed by atoms with Gasteiger partial charge in [-0.15, -0.1) is 0 Å². The number of phenols is 1. The number of carbonyl (C=O) groups is 2. The second-order valence-corrected chi connectivity index (χ2v) is 7.65. The highest BCUT2D eigenvalue weighted by molar-refractivity contribution is 6.37. The van der Waals surface area contributed by atoms with Gasteiger partial charge in [0.15, 0.2) is 5.78 Å². The summed E-state index contributed by atoms with van der Waals surface area (Å²) in [6.45, 7) is 0. The molecular weight excluding hydrogens is 385 g/mol. The van der Waals surface area contributed by atoms with Gasteiger partial charge in [-0.3, -0.25) is 14.5 Å². The van der Waals surface area contributed by atoms with Crippen LogP contribution in [0.15, 0.2) is 53.7 Å². The highest BCUT2D eigenvalue weighted by Crippen LogP contribution is 2.45. The third kappa shape index (κ3) is 3.24. The number of carbonyl (C=O) groups excluding carboxylic acids is 2. The summed E-state index contributed by atoms with van der Waals surface area (Å²) in [6.07, 6.45) is 1.99. The molecule has 1 amide bonds. The van der Waals surface area contributed by atoms with Crippen molar-refractivity contribution in [3.05, 3.63) is 69.3 Å². The average molecular weight is 402 g/mol. The topological polar surface area (TPSA) is 57.6 Å². The third-order valence-corrected chi connectivity index (χ3v) is 5.66. The molecule has 0 aromatic heterocycles. The number of amides is 1. The molecule has 0 bridgehead atoms. The van der Waals surface area contributed by atoms with Crippen LogP contribution in [0.5, 0.6) is 5.75 Å². The van der Waals surface area contributed by atoms with Crippen molar-refractivity contribution >= 4 is 40.6 Å². The predicted octanol–water partition coefficient (Wildman–Crippen LogP) is 5.23. The molecule has 1 heterocycles. The van der Waals surface area contributed by atoms with Gasteiger partial charge < -0.3 is 5.11 Å². The first-order chi connectivity index (χ1) is 13.0. The molecule has 0 fully saturated rings. The van der Waals surface area contributed by atoms with E-state index < -0.39 is 0 Å². The van der Waals surface area contributed by atoms with E-state index in [0.29, 0.717) is 40.6 Å². The van der Waals surface area contributed by atoms with Gasteiger partial charge in [0.05, 0.1) is 10.7 Å². The minimum absolute atomic E-state index is 0.0666. The maximum atomic E-state index is 13.1. The largest absolute Gasteiger partial charge is 0.508 e. The number of hydrogen-bond acceptors (Lipinski definition) is 3. The van der Waals surface area contributed by atoms with Crippen molar-refractivity contribution in [2.45, 2.75) is 31.6 Å². The second-order valence-electron chi connectivity index (χ2n) is 6.81. The molecular formula is C21H17Cl2NO3. The van der Waals surface area contributed by atoms with Crippen molar-refractivity contribution in [1.29, 1.82) is 0 Å². The van der Waals surface area contributed by atoms with Crippen LogP contribution in [0.3, 0.4) is 0 Å². The summed E-state index contributed by atoms with van der Waals surface area (Å²) in [5.41, 5.74) is 2.81. The number of Topliss-reactive ketones (excluding diaryl/α,β-unsaturated/α-hetero) is 1. The Morgan fingerprint density at radius 2 is 1.74 bits per heavy atom. The number of allylic oxidation sites excluding steroid dienone is 2. The molecule has 2 aliphatic rings. The van der Waals surface area contributed by atoms with E-state index >= 15 is 0 Å². The van der Waals surface area contributed by atoms with Crippen LogP contribution < -0.4 is 4.90 Å². The number of halogens is 2. The molecule has 1 aliphatic heterocycles. The minimum atomic E-state index is -0.303. The molecule has 0 spiro atoms. The molecule has 2 aromatic carbocycles. The number of anilines is 1. The Morgan fingerprint density at radius 1 is 1.00 bits per heavy atom. The summed E-state index contributed by atoms with van der Waals surface area (Å²) >= 11 is 12.3. The summed E-state index contributed by atoms with van der Waals surface area (Å²) in [6, 6.07) is 11.7. The lowest BCUT2D eigenvalue weighted by Crippen LogP contribution is -2.40. The van der Waals surface area contributed by atoms with Crippen molar-refractivity contribution < 1.29 is 14.7 Å². The van der Waals surface area contributed by atoms with E-state index in [9.17, 15) is 14.7 Å². The summed E-state index contributed by atoms with van der Waals surface area (Å²) < 4.78 is 0. The van der Waals surface area contributed by atoms with Crippen LogP contribution in [-0.2, 0) is 9.59 Å². The van der Waals surface area contributed by atoms with Gasteiger partial charge in [-0.1, -0.05) is 35.3 Å². The highest BCUT2D eigenvalue weighted by atomic mass is 35.5. The lowest BCUT2D eigenvalue weighted by molar-refractivity contribution is -0.119. The van der Waals surface area contributed by atoms with Crippen LogP contribution in [0.4, 0.5) is 5.69 Å². The summed E-state index contributed by atoms with van der Waals surface area (Å²) in [4.78, 5) is 27.5. The monoisotopic (exact) mass is 401 g/mol. The Bertz CT molecular complexity index is 966. The number of phenolic OH excluding ortho intramolecular Hbond substituents is 1. The molecule has 1 atom stereocenters. The van der Waals surface area contributed by atoms with E-state index in [1.54, 1.807) is 47.4 Å². The van der Waals surface area contributed by atoms with Gasteiger partial charge in [0.1, 0.15) is 5.75 Å². The molecule has 27 heavy (non-hydrogen) atoms. The van der Waals surface area contributed by atoms with Crippen molar-refractivity contribution in [2.24, 2.45) is 0 Å². The normalized spacial score (nSPS) is 20.1. The molecule has 0 saturated carbocycles. The van der Waals surface area contributed by atoms with E-state index in [1.807, 2.05) is 0 Å². The third-order valence-electron chi connectivity index (χ3n) is 5.12. The Balaban J connectivity index is 1.87. The van der Waals surface area contributed by atoms with Gasteiger partial charge in [-0.05, 0) is 48.7 Å². The molecule has 2 aromatic rings. The minimum Gasteiger partial charge on any atom is -0.508 e. The van der Waals surface area contributed by atoms with Crippen LogP contribution in [0.2, 0.25) is 10.0 Å². The summed E-state index contributed by atoms with van der Waals surface area (Å²) in [5.74, 6) is -0.189. The van der Waals surface area contributed by atoms with Crippen LogP contribution in [0, 0.1) is 0 Å². The molecule has 138 valence electrons. The SMILES string of the molecule is O=C1CCCC2=C1C(c1ccc(O)cc1)CC(=O)N2c1ccc(Cl)cc1Cl. The molecule has 1 N–H and O–H groups in total. The zero-order valence-electron chi connectivity index (χ0n) is 14.4. The molecule has 4 nitrogen and oxygen atoms in total. The van der Waals surface area contributed by atoms with E-state index in [4.69, 9.17) is 23.2 Å². The quantitative estimate of drug-likeness (QED) is 0.749. The molecule has 0 radical (unpaired) electrons. The van der Waals surface area contributed by atoms with Gasteiger partial charge in [0, 0.05) is 35.1 Å². The Kier molecular flexibility index (Phi) is 4.70. The fourth-order valence-electron chi connectivity index (χ4n) is 3.93. The summed E-state index contributed by atoms with van der Waals surface area (Å²) in [7, 11) is 0. The van der Waals surface area contributed by atoms with Crippen LogP contribution >= 0.6 is 23.2 Å². The molecule has 1 aliphatic carbocycles. The fourth-order valence-corrected chi connectivity index (χ4v) is 4.42. The van der Waals surface area contributed by atoms with E-state index in [0.717, 1.165) is 11.3 Å². The first kappa shape index (κ1) is 18.1. The van der Waals surface area contributed by atoms with E-state index in [-0.39, 0.29) is 29.8 Å². The maximum Gasteiger partial charge on any atom is 0.232 e. The van der Waals surface area contributed by atoms with E-state index in [1.165, 1.54) is 0 Å². The van der Waals surface area contributed by atoms with Crippen LogP contribution in [-0.4, -0.2) is 16.8 Å². The fraction of sp³-hybridized carbons (Fsp3) is 0.238. The first-order valence-corrected chi connectivity index (χ1v) is 9.54. The van der Waals surface area contributed by atoms with Crippen molar-refractivity contribution in [3.8, 4) is 5.75 Å². The predicted molar refractivity (Wildman–Crippen MR) is 105 cm³/mol. The zero-order valence-corrected chi connectivity index (χ0v) is 15.9. The van der Waals surface area contributed by atoms with Crippen LogP contribution in [0.25, 0.3) is 0 Å². The average Bonchev–Trinajstić information content (AvgIpc) is 2.63. The lowest BCUT2D eigenvalue weighted by atomic mass is 9.77. The molecule has 4 rings (SSSR count). The highest BCUT2D eigenvalue weighted by Gasteiger charge is 2.40. The Labute approximate surface area is 167 Å². The van der Waals surface area contributed by atoms with Gasteiger partial charge in [-0.2, -0.15) is 0 Å². The van der Waals surface area contributed by atoms with Crippen molar-refractivity contribution in [1.82, 2.24) is 0 Å². The van der Waals surface area contributed by atoms with Gasteiger partial charge >= 0.3 is 0 Å². The maximum absolute atomic E-state index is 13.1. The number of ketones is 1. The van der Waals surface area contributed by atoms with Crippen molar-refractivity contribution in [2.75, 3.05) is 4.90 Å². The lowest BCUT2D eigenvalue weighted by Gasteiger charge is -2.38. The van der Waals surface area contributed by atoms with Gasteiger partial charge in [0.2, 0.25) is 5.91 Å². The first-order valence-electron chi connectivity index (χ1n) is 8.79. The van der Waals surface area contributed by atoms with Gasteiger partial charge in [-0.25, -0.2) is 0 Å². The summed E-state index contributed by atoms with van der Waals surface area (Å²) in [5, 5.41) is 10.4. The Hall–Kier alpha value is -2.30. The smallest absolute Gasteiger partial charge is 0.232 e. The Morgan fingerprint density at radius 3 is 2.44 bits per heavy atom. The van der Waals surface area contributed by atoms with Crippen LogP contribution in [0.1, 0.15) is 37.2 Å². The van der Waals surface area contributed by atoms with E-state index in [2.05, 4.69) is 0 Å². The van der Waals surface area contributed by atoms with Gasteiger partial charge in [0.25, 0.3) is 0 Å². The number of nitrogens with zero attached hydrogens (tertiary/aromatic N) is 1. The molecule has 6 heteroatoms. The number of aromatic hydroxyl groups is 1. The second kappa shape index (κ2) is 7.02. The van der Waals surface area contributed by atoms with Crippen molar-refractivity contribution in [3.63, 3.8) is 0 Å². The molecule has 0 saturated heterocycles.